The molecule has 12 heteroatoms. The van der Waals surface area contributed by atoms with Crippen LogP contribution in [0.2, 0.25) is 0 Å². The van der Waals surface area contributed by atoms with Crippen LogP contribution >= 0.6 is 0 Å². The Morgan fingerprint density at radius 3 is 2.37 bits per heavy atom. The molecule has 0 aliphatic heterocycles. The first-order valence-electron chi connectivity index (χ1n) is 15.2. The van der Waals surface area contributed by atoms with Gasteiger partial charge in [-0.2, -0.15) is 5.10 Å². The standard InChI is InChI=1S/C25H30F2N6O2.C6H10F2/c1-14(2)33-20(7-8-29-33)24(35)28-13-21-30-18-6-5-17(10-19(18)31-21)23(16-3-4-16)32-22(34)9-15-11-25(26,27)12-15;7-6(8)4-2-1-3-5-6/h5-8,10,14-16,23H,3-4,9,11-13H2,1-2H3,(H,28,35)(H,30,31)(H,32,34);1-5H2. The quantitative estimate of drug-likeness (QED) is 0.232. The van der Waals surface area contributed by atoms with Crippen LogP contribution in [0.25, 0.3) is 11.0 Å². The van der Waals surface area contributed by atoms with Crippen molar-refractivity contribution in [1.29, 1.82) is 0 Å². The van der Waals surface area contributed by atoms with Gasteiger partial charge in [0.25, 0.3) is 5.91 Å². The number of fused-ring (bicyclic) bond motifs is 1. The van der Waals surface area contributed by atoms with E-state index >= 15 is 0 Å². The van der Waals surface area contributed by atoms with Gasteiger partial charge >= 0.3 is 0 Å². The largest absolute Gasteiger partial charge is 0.349 e. The second-order valence-electron chi connectivity index (χ2n) is 12.5. The monoisotopic (exact) mass is 604 g/mol. The third-order valence-corrected chi connectivity index (χ3v) is 8.37. The second-order valence-corrected chi connectivity index (χ2v) is 12.5. The number of carbonyl (C=O) groups excluding carboxylic acids is 2. The molecule has 3 N–H and O–H groups in total. The fourth-order valence-corrected chi connectivity index (χ4v) is 5.91. The zero-order chi connectivity index (χ0) is 30.8. The molecule has 3 saturated carbocycles. The molecule has 0 saturated heterocycles. The maximum atomic E-state index is 13.1. The SMILES string of the molecule is CC(C)n1nccc1C(=O)NCc1nc2ccc(C(NC(=O)CC3CC(F)(F)C3)C3CC3)cc2[nH]1.FC1(F)CCCCC1. The lowest BCUT2D eigenvalue weighted by molar-refractivity contribution is -0.134. The minimum Gasteiger partial charge on any atom is -0.349 e. The molecule has 234 valence electrons. The van der Waals surface area contributed by atoms with E-state index in [0.29, 0.717) is 30.3 Å². The van der Waals surface area contributed by atoms with Crippen molar-refractivity contribution < 1.29 is 27.2 Å². The number of aromatic amines is 1. The summed E-state index contributed by atoms with van der Waals surface area (Å²) in [5.41, 5.74) is 3.04. The van der Waals surface area contributed by atoms with E-state index in [4.69, 9.17) is 0 Å². The number of nitrogens with one attached hydrogen (secondary N) is 3. The molecule has 43 heavy (non-hydrogen) atoms. The van der Waals surface area contributed by atoms with Gasteiger partial charge in [-0.05, 0) is 75.1 Å². The number of halogens is 4. The van der Waals surface area contributed by atoms with E-state index in [1.807, 2.05) is 32.0 Å². The Bertz CT molecular complexity index is 1410. The van der Waals surface area contributed by atoms with Crippen molar-refractivity contribution in [2.24, 2.45) is 11.8 Å². The summed E-state index contributed by atoms with van der Waals surface area (Å²) in [7, 11) is 0. The number of hydrogen-bond donors (Lipinski definition) is 3. The number of carbonyl (C=O) groups is 2. The summed E-state index contributed by atoms with van der Waals surface area (Å²) in [6, 6.07) is 7.44. The summed E-state index contributed by atoms with van der Waals surface area (Å²) in [5.74, 6) is -4.59. The Hall–Kier alpha value is -3.44. The number of H-pyrrole nitrogens is 1. The lowest BCUT2D eigenvalue weighted by Gasteiger charge is -2.34. The first-order chi connectivity index (χ1) is 20.4. The molecule has 2 amide bonds. The van der Waals surface area contributed by atoms with Crippen LogP contribution < -0.4 is 10.6 Å². The number of aromatic nitrogens is 4. The number of hydrogen-bond acceptors (Lipinski definition) is 4. The van der Waals surface area contributed by atoms with Crippen molar-refractivity contribution in [2.75, 3.05) is 0 Å². The predicted octanol–water partition coefficient (Wildman–Crippen LogP) is 6.86. The second kappa shape index (κ2) is 12.7. The van der Waals surface area contributed by atoms with Gasteiger partial charge in [-0.3, -0.25) is 14.3 Å². The minimum atomic E-state index is -2.61. The summed E-state index contributed by atoms with van der Waals surface area (Å²) >= 11 is 0. The number of imidazole rings is 1. The molecular weight excluding hydrogens is 564 g/mol. The molecule has 8 nitrogen and oxygen atoms in total. The van der Waals surface area contributed by atoms with Gasteiger partial charge in [-0.1, -0.05) is 12.5 Å². The Kier molecular flexibility index (Phi) is 9.12. The van der Waals surface area contributed by atoms with Crippen molar-refractivity contribution in [3.05, 3.63) is 47.5 Å². The van der Waals surface area contributed by atoms with Gasteiger partial charge in [0, 0.05) is 44.3 Å². The Labute approximate surface area is 248 Å². The van der Waals surface area contributed by atoms with Gasteiger partial charge in [0.2, 0.25) is 17.8 Å². The Balaban J connectivity index is 0.000000400. The van der Waals surface area contributed by atoms with Crippen LogP contribution in [0.5, 0.6) is 0 Å². The molecule has 0 radical (unpaired) electrons. The molecule has 3 aliphatic rings. The first-order valence-corrected chi connectivity index (χ1v) is 15.2. The summed E-state index contributed by atoms with van der Waals surface area (Å²) in [6.07, 6.45) is 6.06. The van der Waals surface area contributed by atoms with Crippen LogP contribution in [0.3, 0.4) is 0 Å². The lowest BCUT2D eigenvalue weighted by atomic mass is 9.79. The van der Waals surface area contributed by atoms with Crippen molar-refractivity contribution in [3.8, 4) is 0 Å². The smallest absolute Gasteiger partial charge is 0.269 e. The molecular formula is C31H40F4N6O2. The lowest BCUT2D eigenvalue weighted by Crippen LogP contribution is -2.39. The highest BCUT2D eigenvalue weighted by Crippen LogP contribution is 2.45. The van der Waals surface area contributed by atoms with Crippen molar-refractivity contribution in [2.45, 2.75) is 109 Å². The first kappa shape index (κ1) is 31.0. The van der Waals surface area contributed by atoms with Crippen LogP contribution in [0.4, 0.5) is 17.6 Å². The van der Waals surface area contributed by atoms with E-state index in [0.717, 1.165) is 35.9 Å². The highest BCUT2D eigenvalue weighted by molar-refractivity contribution is 5.92. The van der Waals surface area contributed by atoms with Gasteiger partial charge in [-0.25, -0.2) is 22.5 Å². The number of rotatable bonds is 9. The number of alkyl halides is 4. The summed E-state index contributed by atoms with van der Waals surface area (Å²) in [4.78, 5) is 32.9. The summed E-state index contributed by atoms with van der Waals surface area (Å²) < 4.78 is 52.3. The molecule has 2 aromatic heterocycles. The minimum absolute atomic E-state index is 0.0740. The number of amides is 2. The third kappa shape index (κ3) is 8.14. The van der Waals surface area contributed by atoms with Gasteiger partial charge in [-0.15, -0.1) is 0 Å². The van der Waals surface area contributed by atoms with Gasteiger partial charge in [0.05, 0.1) is 23.6 Å². The average Bonchev–Trinajstić information content (AvgIpc) is 3.48. The molecule has 0 spiro atoms. The molecule has 0 bridgehead atoms. The normalized spacial score (nSPS) is 20.2. The highest BCUT2D eigenvalue weighted by Gasteiger charge is 2.46. The van der Waals surface area contributed by atoms with Gasteiger partial charge in [0.15, 0.2) is 0 Å². The van der Waals surface area contributed by atoms with Crippen LogP contribution in [0.1, 0.15) is 112 Å². The zero-order valence-electron chi connectivity index (χ0n) is 24.6. The fraction of sp³-hybridized carbons (Fsp3) is 0.613. The maximum absolute atomic E-state index is 13.1. The van der Waals surface area contributed by atoms with E-state index in [-0.39, 0.29) is 68.5 Å². The fourth-order valence-electron chi connectivity index (χ4n) is 5.91. The van der Waals surface area contributed by atoms with E-state index < -0.39 is 11.8 Å². The van der Waals surface area contributed by atoms with E-state index in [1.165, 1.54) is 0 Å². The average molecular weight is 605 g/mol. The molecule has 2 heterocycles. The van der Waals surface area contributed by atoms with Crippen molar-refractivity contribution >= 4 is 22.8 Å². The van der Waals surface area contributed by atoms with E-state index in [2.05, 4.69) is 25.7 Å². The van der Waals surface area contributed by atoms with Crippen LogP contribution in [-0.2, 0) is 11.3 Å². The molecule has 3 fully saturated rings. The Morgan fingerprint density at radius 1 is 1.05 bits per heavy atom. The van der Waals surface area contributed by atoms with Crippen molar-refractivity contribution in [3.63, 3.8) is 0 Å². The molecule has 1 unspecified atom stereocenters. The maximum Gasteiger partial charge on any atom is 0.269 e. The van der Waals surface area contributed by atoms with Crippen LogP contribution in [0, 0.1) is 11.8 Å². The highest BCUT2D eigenvalue weighted by atomic mass is 19.3. The third-order valence-electron chi connectivity index (χ3n) is 8.37. The predicted molar refractivity (Wildman–Crippen MR) is 154 cm³/mol. The van der Waals surface area contributed by atoms with Crippen molar-refractivity contribution in [1.82, 2.24) is 30.4 Å². The molecule has 1 aromatic carbocycles. The summed E-state index contributed by atoms with van der Waals surface area (Å²) in [6.45, 7) is 4.16. The number of benzene rings is 1. The summed E-state index contributed by atoms with van der Waals surface area (Å²) in [5, 5.41) is 10.2. The topological polar surface area (TPSA) is 105 Å². The molecule has 6 rings (SSSR count). The Morgan fingerprint density at radius 2 is 1.77 bits per heavy atom. The van der Waals surface area contributed by atoms with Gasteiger partial charge in [0.1, 0.15) is 11.5 Å². The zero-order valence-corrected chi connectivity index (χ0v) is 24.6. The number of nitrogens with zero attached hydrogens (tertiary/aromatic N) is 3. The molecule has 3 aliphatic carbocycles. The van der Waals surface area contributed by atoms with E-state index in [9.17, 15) is 27.2 Å². The van der Waals surface area contributed by atoms with E-state index in [1.54, 1.807) is 16.9 Å². The van der Waals surface area contributed by atoms with Gasteiger partial charge < -0.3 is 15.6 Å². The molecule has 3 aromatic rings. The molecule has 1 atom stereocenters. The van der Waals surface area contributed by atoms with Crippen LogP contribution in [-0.4, -0.2) is 43.4 Å². The van der Waals surface area contributed by atoms with Crippen LogP contribution in [0.15, 0.2) is 30.5 Å².